The Kier molecular flexibility index (Phi) is 3.81. The van der Waals surface area contributed by atoms with Crippen LogP contribution in [0.15, 0.2) is 38.9 Å². The molecule has 0 aliphatic heterocycles. The second-order valence-electron chi connectivity index (χ2n) is 4.30. The van der Waals surface area contributed by atoms with Crippen LogP contribution in [-0.4, -0.2) is 9.55 Å². The maximum Gasteiger partial charge on any atom is 0.272 e. The van der Waals surface area contributed by atoms with Crippen LogP contribution in [-0.2, 0) is 6.54 Å². The number of nitriles is 1. The summed E-state index contributed by atoms with van der Waals surface area (Å²) in [6.45, 7) is 0.222. The standard InChI is InChI=1S/C14H7BrClN3OS/c15-10-7-21-12-11(10)18-14(16)19(13(12)20)6-9-4-2-1-3-8(9)5-17/h1-4,7H,6H2. The molecule has 3 rings (SSSR count). The molecule has 0 fully saturated rings. The Morgan fingerprint density at radius 2 is 2.19 bits per heavy atom. The fourth-order valence-corrected chi connectivity index (χ4v) is 3.75. The summed E-state index contributed by atoms with van der Waals surface area (Å²) >= 11 is 10.8. The number of hydrogen-bond donors (Lipinski definition) is 0. The Bertz CT molecular complexity index is 942. The van der Waals surface area contributed by atoms with Crippen LogP contribution in [0.25, 0.3) is 10.2 Å². The lowest BCUT2D eigenvalue weighted by Crippen LogP contribution is -2.22. The molecular weight excluding hydrogens is 374 g/mol. The molecule has 0 aliphatic carbocycles. The fourth-order valence-electron chi connectivity index (χ4n) is 2.02. The molecular formula is C14H7BrClN3OS. The van der Waals surface area contributed by atoms with Crippen LogP contribution in [0, 0.1) is 11.3 Å². The molecule has 2 heterocycles. The number of aromatic nitrogens is 2. The monoisotopic (exact) mass is 379 g/mol. The maximum absolute atomic E-state index is 12.5. The van der Waals surface area contributed by atoms with E-state index in [0.29, 0.717) is 15.8 Å². The summed E-state index contributed by atoms with van der Waals surface area (Å²) in [6.07, 6.45) is 0. The van der Waals surface area contributed by atoms with Crippen molar-refractivity contribution in [2.75, 3.05) is 0 Å². The third kappa shape index (κ3) is 2.48. The lowest BCUT2D eigenvalue weighted by atomic mass is 10.1. The number of nitrogens with zero attached hydrogens (tertiary/aromatic N) is 3. The topological polar surface area (TPSA) is 58.7 Å². The fraction of sp³-hybridized carbons (Fsp3) is 0.0714. The van der Waals surface area contributed by atoms with Crippen LogP contribution in [0.1, 0.15) is 11.1 Å². The minimum absolute atomic E-state index is 0.111. The molecule has 0 spiro atoms. The van der Waals surface area contributed by atoms with Crippen molar-refractivity contribution in [1.82, 2.24) is 9.55 Å². The summed E-state index contributed by atoms with van der Waals surface area (Å²) in [4.78, 5) is 16.8. The molecule has 0 atom stereocenters. The van der Waals surface area contributed by atoms with Gasteiger partial charge in [0.05, 0.1) is 22.7 Å². The molecule has 0 radical (unpaired) electrons. The number of halogens is 2. The van der Waals surface area contributed by atoms with Crippen molar-refractivity contribution in [2.24, 2.45) is 0 Å². The van der Waals surface area contributed by atoms with Crippen molar-refractivity contribution in [3.05, 3.63) is 60.9 Å². The SMILES string of the molecule is N#Cc1ccccc1Cn1c(Cl)nc2c(Br)csc2c1=O. The molecule has 2 aromatic heterocycles. The maximum atomic E-state index is 12.5. The molecule has 0 aliphatic rings. The van der Waals surface area contributed by atoms with E-state index in [0.717, 1.165) is 10.0 Å². The molecule has 0 saturated heterocycles. The molecule has 21 heavy (non-hydrogen) atoms. The highest BCUT2D eigenvalue weighted by molar-refractivity contribution is 9.10. The van der Waals surface area contributed by atoms with E-state index in [1.807, 2.05) is 11.4 Å². The smallest absolute Gasteiger partial charge is 0.272 e. The van der Waals surface area contributed by atoms with Crippen molar-refractivity contribution in [2.45, 2.75) is 6.54 Å². The van der Waals surface area contributed by atoms with Gasteiger partial charge in [0, 0.05) is 5.38 Å². The molecule has 0 N–H and O–H groups in total. The van der Waals surface area contributed by atoms with E-state index in [4.69, 9.17) is 16.9 Å². The number of benzene rings is 1. The van der Waals surface area contributed by atoms with Crippen molar-refractivity contribution < 1.29 is 0 Å². The molecule has 0 bridgehead atoms. The number of hydrogen-bond acceptors (Lipinski definition) is 4. The predicted molar refractivity (Wildman–Crippen MR) is 86.8 cm³/mol. The molecule has 0 unspecified atom stereocenters. The van der Waals surface area contributed by atoms with E-state index in [2.05, 4.69) is 27.0 Å². The molecule has 0 saturated carbocycles. The first-order valence-corrected chi connectivity index (χ1v) is 7.98. The lowest BCUT2D eigenvalue weighted by Gasteiger charge is -2.09. The third-order valence-electron chi connectivity index (χ3n) is 3.05. The van der Waals surface area contributed by atoms with Gasteiger partial charge >= 0.3 is 0 Å². The van der Waals surface area contributed by atoms with E-state index in [1.165, 1.54) is 15.9 Å². The van der Waals surface area contributed by atoms with E-state index in [1.54, 1.807) is 18.2 Å². The van der Waals surface area contributed by atoms with Crippen LogP contribution in [0.3, 0.4) is 0 Å². The zero-order chi connectivity index (χ0) is 15.0. The van der Waals surface area contributed by atoms with Crippen molar-refractivity contribution in [3.63, 3.8) is 0 Å². The predicted octanol–water partition coefficient (Wildman–Crippen LogP) is 3.79. The van der Waals surface area contributed by atoms with Crippen molar-refractivity contribution >= 4 is 49.1 Å². The van der Waals surface area contributed by atoms with Gasteiger partial charge in [-0.3, -0.25) is 9.36 Å². The molecule has 1 aromatic carbocycles. The number of thiophene rings is 1. The first kappa shape index (κ1) is 14.3. The Morgan fingerprint density at radius 1 is 1.43 bits per heavy atom. The van der Waals surface area contributed by atoms with E-state index < -0.39 is 0 Å². The highest BCUT2D eigenvalue weighted by atomic mass is 79.9. The van der Waals surface area contributed by atoms with Gasteiger partial charge in [0.25, 0.3) is 5.56 Å². The van der Waals surface area contributed by atoms with Crippen LogP contribution >= 0.6 is 38.9 Å². The molecule has 104 valence electrons. The zero-order valence-electron chi connectivity index (χ0n) is 10.5. The minimum Gasteiger partial charge on any atom is -0.278 e. The van der Waals surface area contributed by atoms with E-state index in [9.17, 15) is 4.79 Å². The van der Waals surface area contributed by atoms with Gasteiger partial charge in [0.1, 0.15) is 10.2 Å². The summed E-state index contributed by atoms with van der Waals surface area (Å²) < 4.78 is 2.68. The Labute approximate surface area is 137 Å². The molecule has 7 heteroatoms. The zero-order valence-corrected chi connectivity index (χ0v) is 13.7. The van der Waals surface area contributed by atoms with Gasteiger partial charge in [0.15, 0.2) is 0 Å². The summed E-state index contributed by atoms with van der Waals surface area (Å²) in [5, 5.41) is 11.0. The second-order valence-corrected chi connectivity index (χ2v) is 6.37. The quantitative estimate of drug-likeness (QED) is 0.635. The van der Waals surface area contributed by atoms with Crippen LogP contribution in [0.2, 0.25) is 5.28 Å². The second kappa shape index (κ2) is 5.60. The first-order valence-electron chi connectivity index (χ1n) is 5.93. The first-order chi connectivity index (χ1) is 10.1. The molecule has 3 aromatic rings. The normalized spacial score (nSPS) is 10.7. The van der Waals surface area contributed by atoms with Crippen LogP contribution in [0.4, 0.5) is 0 Å². The van der Waals surface area contributed by atoms with Gasteiger partial charge in [-0.25, -0.2) is 4.98 Å². The number of fused-ring (bicyclic) bond motifs is 1. The van der Waals surface area contributed by atoms with Gasteiger partial charge in [-0.15, -0.1) is 11.3 Å². The molecule has 0 amide bonds. The van der Waals surface area contributed by atoms with Crippen molar-refractivity contribution in [1.29, 1.82) is 5.26 Å². The summed E-state index contributed by atoms with van der Waals surface area (Å²) in [5.74, 6) is 0. The third-order valence-corrected chi connectivity index (χ3v) is 5.21. The average Bonchev–Trinajstić information content (AvgIpc) is 2.85. The minimum atomic E-state index is -0.201. The Hall–Kier alpha value is -1.68. The largest absolute Gasteiger partial charge is 0.278 e. The van der Waals surface area contributed by atoms with Gasteiger partial charge in [-0.05, 0) is 39.2 Å². The van der Waals surface area contributed by atoms with Crippen LogP contribution in [0.5, 0.6) is 0 Å². The number of rotatable bonds is 2. The van der Waals surface area contributed by atoms with Crippen molar-refractivity contribution in [3.8, 4) is 6.07 Å². The van der Waals surface area contributed by atoms with Gasteiger partial charge in [-0.1, -0.05) is 18.2 Å². The summed E-state index contributed by atoms with van der Waals surface area (Å²) in [7, 11) is 0. The lowest BCUT2D eigenvalue weighted by molar-refractivity contribution is 0.749. The Balaban J connectivity index is 2.18. The van der Waals surface area contributed by atoms with Gasteiger partial charge in [0.2, 0.25) is 5.28 Å². The Morgan fingerprint density at radius 3 is 2.95 bits per heavy atom. The van der Waals surface area contributed by atoms with Gasteiger partial charge in [-0.2, -0.15) is 5.26 Å². The summed E-state index contributed by atoms with van der Waals surface area (Å²) in [6, 6.07) is 9.23. The van der Waals surface area contributed by atoms with E-state index >= 15 is 0 Å². The summed E-state index contributed by atoms with van der Waals surface area (Å²) in [5.41, 5.74) is 1.63. The van der Waals surface area contributed by atoms with Crippen LogP contribution < -0.4 is 5.56 Å². The highest BCUT2D eigenvalue weighted by Gasteiger charge is 2.14. The highest BCUT2D eigenvalue weighted by Crippen LogP contribution is 2.27. The average molecular weight is 381 g/mol. The molecule has 4 nitrogen and oxygen atoms in total. The van der Waals surface area contributed by atoms with Gasteiger partial charge < -0.3 is 0 Å². The van der Waals surface area contributed by atoms with E-state index in [-0.39, 0.29) is 17.4 Å².